The third kappa shape index (κ3) is 5.71. The van der Waals surface area contributed by atoms with Gasteiger partial charge in [0.1, 0.15) is 11.6 Å². The van der Waals surface area contributed by atoms with E-state index in [-0.39, 0.29) is 0 Å². The van der Waals surface area contributed by atoms with Gasteiger partial charge in [0.05, 0.1) is 91.6 Å². The van der Waals surface area contributed by atoms with Crippen LogP contribution in [-0.4, -0.2) is 9.13 Å². The van der Waals surface area contributed by atoms with E-state index in [1.54, 1.807) is 42.5 Å². The standard InChI is InChI=1S/C54H26N8/c55-27-33-6-5-7-36(20-33)39-25-53(61-49-10-3-1-8-44(49)46-23-37(14-18-51(46)61)42-16-12-34(28-56)21-40(42)30-58)48(32-60)54(26-39)62-50-11-4-2-9-45(50)47-24-38(15-19-52(47)62)43-17-13-35(29-57)22-41(43)31-59/h1-26H. The van der Waals surface area contributed by atoms with Crippen LogP contribution in [0.2, 0.25) is 0 Å². The Hall–Kier alpha value is -9.70. The average Bonchev–Trinajstić information content (AvgIpc) is 3.85. The van der Waals surface area contributed by atoms with Crippen molar-refractivity contribution < 1.29 is 0 Å². The monoisotopic (exact) mass is 786 g/mol. The summed E-state index contributed by atoms with van der Waals surface area (Å²) in [5.74, 6) is 0. The highest BCUT2D eigenvalue weighted by Crippen LogP contribution is 2.42. The predicted molar refractivity (Wildman–Crippen MR) is 240 cm³/mol. The molecule has 8 nitrogen and oxygen atoms in total. The number of para-hydroxylation sites is 2. The van der Waals surface area contributed by atoms with Gasteiger partial charge in [-0.25, -0.2) is 0 Å². The van der Waals surface area contributed by atoms with E-state index in [0.717, 1.165) is 65.9 Å². The summed E-state index contributed by atoms with van der Waals surface area (Å²) < 4.78 is 4.22. The van der Waals surface area contributed by atoms with Crippen molar-refractivity contribution in [3.8, 4) is 81.2 Å². The third-order valence-electron chi connectivity index (χ3n) is 11.5. The Labute approximate surface area is 355 Å². The summed E-state index contributed by atoms with van der Waals surface area (Å²) in [6.07, 6.45) is 0. The van der Waals surface area contributed by atoms with Crippen LogP contribution in [0.1, 0.15) is 33.4 Å². The molecule has 0 aliphatic heterocycles. The Morgan fingerprint density at radius 2 is 0.774 bits per heavy atom. The molecule has 10 aromatic rings. The molecule has 10 rings (SSSR count). The van der Waals surface area contributed by atoms with E-state index in [0.29, 0.717) is 55.9 Å². The molecular weight excluding hydrogens is 761 g/mol. The first-order valence-corrected chi connectivity index (χ1v) is 19.5. The molecule has 0 aliphatic rings. The van der Waals surface area contributed by atoms with Gasteiger partial charge in [-0.2, -0.15) is 31.6 Å². The van der Waals surface area contributed by atoms with E-state index in [4.69, 9.17) is 0 Å². The smallest absolute Gasteiger partial charge is 0.104 e. The molecule has 0 fully saturated rings. The van der Waals surface area contributed by atoms with E-state index in [1.807, 2.05) is 103 Å². The molecule has 0 unspecified atom stereocenters. The first-order chi connectivity index (χ1) is 30.5. The summed E-state index contributed by atoms with van der Waals surface area (Å²) in [7, 11) is 0. The molecule has 2 aromatic heterocycles. The van der Waals surface area contributed by atoms with E-state index < -0.39 is 0 Å². The van der Waals surface area contributed by atoms with Gasteiger partial charge in [0.15, 0.2) is 0 Å². The van der Waals surface area contributed by atoms with Crippen molar-refractivity contribution in [2.24, 2.45) is 0 Å². The van der Waals surface area contributed by atoms with Crippen molar-refractivity contribution in [3.05, 3.63) is 191 Å². The van der Waals surface area contributed by atoms with E-state index in [2.05, 4.69) is 57.7 Å². The van der Waals surface area contributed by atoms with Crippen LogP contribution in [0.15, 0.2) is 158 Å². The maximum Gasteiger partial charge on any atom is 0.104 e. The number of hydrogen-bond donors (Lipinski definition) is 0. The Bertz CT molecular complexity index is 3620. The zero-order valence-electron chi connectivity index (χ0n) is 32.6. The van der Waals surface area contributed by atoms with Crippen molar-refractivity contribution >= 4 is 43.6 Å². The van der Waals surface area contributed by atoms with Crippen LogP contribution in [0.3, 0.4) is 0 Å². The van der Waals surface area contributed by atoms with Crippen LogP contribution in [0.5, 0.6) is 0 Å². The van der Waals surface area contributed by atoms with Crippen molar-refractivity contribution in [3.63, 3.8) is 0 Å². The summed E-state index contributed by atoms with van der Waals surface area (Å²) in [6.45, 7) is 0. The van der Waals surface area contributed by atoms with Crippen molar-refractivity contribution in [2.75, 3.05) is 0 Å². The molecule has 0 bridgehead atoms. The average molecular weight is 787 g/mol. The molecule has 8 aromatic carbocycles. The SMILES string of the molecule is N#Cc1cccc(-c2cc(-n3c4ccccc4c4cc(-c5ccc(C#N)cc5C#N)ccc43)c(C#N)c(-n3c4ccccc4c4cc(-c5ccc(C#N)cc5C#N)ccc43)c2)c1. The highest BCUT2D eigenvalue weighted by atomic mass is 15.0. The fraction of sp³-hybridized carbons (Fsp3) is 0. The molecule has 0 atom stereocenters. The number of nitriles is 6. The Morgan fingerprint density at radius 3 is 1.24 bits per heavy atom. The van der Waals surface area contributed by atoms with Crippen LogP contribution in [0.4, 0.5) is 0 Å². The van der Waals surface area contributed by atoms with Gasteiger partial charge in [-0.15, -0.1) is 0 Å². The highest BCUT2D eigenvalue weighted by Gasteiger charge is 2.23. The Balaban J connectivity index is 1.28. The molecule has 8 heteroatoms. The molecule has 0 radical (unpaired) electrons. The number of hydrogen-bond acceptors (Lipinski definition) is 6. The summed E-state index contributed by atoms with van der Waals surface area (Å²) in [5.41, 5.74) is 11.9. The summed E-state index contributed by atoms with van der Waals surface area (Å²) in [6, 6.07) is 63.4. The predicted octanol–water partition coefficient (Wildman–Crippen LogP) is 12.1. The number of benzene rings is 8. The van der Waals surface area contributed by atoms with Crippen LogP contribution >= 0.6 is 0 Å². The van der Waals surface area contributed by atoms with Gasteiger partial charge in [-0.05, 0) is 118 Å². The maximum atomic E-state index is 11.4. The van der Waals surface area contributed by atoms with Gasteiger partial charge in [-0.3, -0.25) is 0 Å². The first-order valence-electron chi connectivity index (χ1n) is 19.5. The molecule has 0 N–H and O–H groups in total. The maximum absolute atomic E-state index is 11.4. The lowest BCUT2D eigenvalue weighted by atomic mass is 9.97. The minimum Gasteiger partial charge on any atom is -0.308 e. The molecule has 0 saturated carbocycles. The highest BCUT2D eigenvalue weighted by molar-refractivity contribution is 6.12. The zero-order chi connectivity index (χ0) is 42.5. The van der Waals surface area contributed by atoms with Gasteiger partial charge in [0.25, 0.3) is 0 Å². The topological polar surface area (TPSA) is 153 Å². The van der Waals surface area contributed by atoms with E-state index in [1.165, 1.54) is 0 Å². The first kappa shape index (κ1) is 36.6. The fourth-order valence-electron chi connectivity index (χ4n) is 8.73. The molecule has 0 aliphatic carbocycles. The second-order valence-electron chi connectivity index (χ2n) is 14.8. The largest absolute Gasteiger partial charge is 0.308 e. The number of aromatic nitrogens is 2. The lowest BCUT2D eigenvalue weighted by Gasteiger charge is -2.18. The quantitative estimate of drug-likeness (QED) is 0.169. The Morgan fingerprint density at radius 1 is 0.306 bits per heavy atom. The lowest BCUT2D eigenvalue weighted by Crippen LogP contribution is -2.05. The molecule has 0 saturated heterocycles. The van der Waals surface area contributed by atoms with Gasteiger partial charge in [0, 0.05) is 21.5 Å². The molecular formula is C54H26N8. The van der Waals surface area contributed by atoms with Gasteiger partial charge in [0.2, 0.25) is 0 Å². The second-order valence-corrected chi connectivity index (χ2v) is 14.8. The van der Waals surface area contributed by atoms with Crippen LogP contribution in [-0.2, 0) is 0 Å². The summed E-state index contributed by atoms with van der Waals surface area (Å²) in [5, 5.41) is 64.2. The number of rotatable bonds is 5. The minimum atomic E-state index is 0.400. The van der Waals surface area contributed by atoms with Crippen LogP contribution in [0, 0.1) is 68.0 Å². The molecule has 0 spiro atoms. The van der Waals surface area contributed by atoms with Crippen molar-refractivity contribution in [2.45, 2.75) is 0 Å². The number of fused-ring (bicyclic) bond motifs is 6. The van der Waals surface area contributed by atoms with Crippen molar-refractivity contribution in [1.29, 1.82) is 31.6 Å². The van der Waals surface area contributed by atoms with Gasteiger partial charge >= 0.3 is 0 Å². The van der Waals surface area contributed by atoms with E-state index in [9.17, 15) is 31.6 Å². The fourth-order valence-corrected chi connectivity index (χ4v) is 8.73. The third-order valence-corrected chi connectivity index (χ3v) is 11.5. The molecule has 282 valence electrons. The minimum absolute atomic E-state index is 0.400. The zero-order valence-corrected chi connectivity index (χ0v) is 32.6. The number of nitrogens with zero attached hydrogens (tertiary/aromatic N) is 8. The van der Waals surface area contributed by atoms with E-state index >= 15 is 0 Å². The lowest BCUT2D eigenvalue weighted by molar-refractivity contribution is 1.12. The molecule has 0 amide bonds. The van der Waals surface area contributed by atoms with Gasteiger partial charge < -0.3 is 9.13 Å². The Kier molecular flexibility index (Phi) is 8.62. The molecule has 62 heavy (non-hydrogen) atoms. The second kappa shape index (κ2) is 14.6. The van der Waals surface area contributed by atoms with Crippen LogP contribution in [0.25, 0.3) is 88.4 Å². The van der Waals surface area contributed by atoms with Crippen molar-refractivity contribution in [1.82, 2.24) is 9.13 Å². The molecule has 2 heterocycles. The normalized spacial score (nSPS) is 10.8. The summed E-state index contributed by atoms with van der Waals surface area (Å²) in [4.78, 5) is 0. The van der Waals surface area contributed by atoms with Gasteiger partial charge in [-0.1, -0.05) is 72.8 Å². The van der Waals surface area contributed by atoms with Crippen LogP contribution < -0.4 is 0 Å². The summed E-state index contributed by atoms with van der Waals surface area (Å²) >= 11 is 0.